The van der Waals surface area contributed by atoms with Crippen LogP contribution in [0.1, 0.15) is 34.6 Å². The third-order valence-corrected chi connectivity index (χ3v) is 1.43. The first-order valence-corrected chi connectivity index (χ1v) is 4.87. The van der Waals surface area contributed by atoms with Crippen molar-refractivity contribution in [3.63, 3.8) is 0 Å². The van der Waals surface area contributed by atoms with Crippen LogP contribution in [0.15, 0.2) is 12.2 Å². The summed E-state index contributed by atoms with van der Waals surface area (Å²) in [5, 5.41) is 3.54. The Bertz CT molecular complexity index is 194. The molecule has 0 fully saturated rings. The van der Waals surface area contributed by atoms with Gasteiger partial charge in [0.05, 0.1) is 0 Å². The van der Waals surface area contributed by atoms with Crippen molar-refractivity contribution in [1.82, 2.24) is 5.32 Å². The molecule has 13 heavy (non-hydrogen) atoms. The monoisotopic (exact) mass is 201 g/mol. The van der Waals surface area contributed by atoms with E-state index in [2.05, 4.69) is 5.32 Å². The highest BCUT2D eigenvalue weighted by Crippen LogP contribution is 2.01. The molecule has 0 heterocycles. The van der Waals surface area contributed by atoms with Gasteiger partial charge in [-0.2, -0.15) is 0 Å². The molecule has 0 amide bonds. The molecule has 0 radical (unpaired) electrons. The summed E-state index contributed by atoms with van der Waals surface area (Å²) >= 11 is 5.03. The van der Waals surface area contributed by atoms with Crippen molar-refractivity contribution in [2.75, 3.05) is 0 Å². The molecule has 76 valence electrons. The van der Waals surface area contributed by atoms with Gasteiger partial charge in [0.1, 0.15) is 6.10 Å². The Balaban J connectivity index is 3.88. The summed E-state index contributed by atoms with van der Waals surface area (Å²) < 4.78 is 5.40. The molecule has 0 spiro atoms. The molecule has 0 aromatic carbocycles. The molecule has 0 rings (SSSR count). The summed E-state index contributed by atoms with van der Waals surface area (Å²) in [6.45, 7) is 10.0. The van der Waals surface area contributed by atoms with Crippen LogP contribution in [0.5, 0.6) is 0 Å². The molecule has 0 saturated heterocycles. The van der Waals surface area contributed by atoms with Gasteiger partial charge in [-0.1, -0.05) is 6.08 Å². The predicted octanol–water partition coefficient (Wildman–Crippen LogP) is 2.64. The molecule has 0 aromatic heterocycles. The number of allylic oxidation sites excluding steroid dienone is 1. The summed E-state index contributed by atoms with van der Waals surface area (Å²) in [4.78, 5) is 0. The summed E-state index contributed by atoms with van der Waals surface area (Å²) in [5.74, 6) is 0. The minimum Gasteiger partial charge on any atom is -0.464 e. The molecule has 0 aromatic rings. The number of hydrogen-bond donors (Lipinski definition) is 1. The maximum absolute atomic E-state index is 5.40. The van der Waals surface area contributed by atoms with Crippen molar-refractivity contribution in [3.8, 4) is 0 Å². The predicted molar refractivity (Wildman–Crippen MR) is 60.8 cm³/mol. The van der Waals surface area contributed by atoms with Crippen LogP contribution < -0.4 is 5.32 Å². The lowest BCUT2D eigenvalue weighted by Gasteiger charge is -2.23. The van der Waals surface area contributed by atoms with Crippen molar-refractivity contribution in [2.45, 2.75) is 46.3 Å². The first-order valence-electron chi connectivity index (χ1n) is 4.47. The molecule has 0 aliphatic carbocycles. The van der Waals surface area contributed by atoms with Crippen molar-refractivity contribution in [3.05, 3.63) is 12.2 Å². The zero-order valence-electron chi connectivity index (χ0n) is 9.05. The molecule has 2 nitrogen and oxygen atoms in total. The fraction of sp³-hybridized carbons (Fsp3) is 0.700. The van der Waals surface area contributed by atoms with Gasteiger partial charge in [0.25, 0.3) is 5.17 Å². The molecule has 3 heteroatoms. The Morgan fingerprint density at radius 2 is 2.00 bits per heavy atom. The number of hydrogen-bond acceptors (Lipinski definition) is 2. The molecule has 0 aliphatic rings. The van der Waals surface area contributed by atoms with Crippen LogP contribution in [0.4, 0.5) is 0 Å². The lowest BCUT2D eigenvalue weighted by atomic mass is 10.1. The first kappa shape index (κ1) is 12.4. The van der Waals surface area contributed by atoms with E-state index < -0.39 is 0 Å². The van der Waals surface area contributed by atoms with E-state index >= 15 is 0 Å². The van der Waals surface area contributed by atoms with Crippen molar-refractivity contribution in [1.29, 1.82) is 0 Å². The fourth-order valence-corrected chi connectivity index (χ4v) is 1.27. The quantitative estimate of drug-likeness (QED) is 0.548. The Kier molecular flexibility index (Phi) is 4.99. The van der Waals surface area contributed by atoms with Gasteiger partial charge in [0.2, 0.25) is 0 Å². The topological polar surface area (TPSA) is 21.3 Å². The largest absolute Gasteiger partial charge is 0.464 e. The lowest BCUT2D eigenvalue weighted by Crippen LogP contribution is -2.41. The van der Waals surface area contributed by atoms with E-state index in [1.807, 2.05) is 46.8 Å². The van der Waals surface area contributed by atoms with E-state index in [-0.39, 0.29) is 11.6 Å². The van der Waals surface area contributed by atoms with Gasteiger partial charge in [-0.25, -0.2) is 0 Å². The standard InChI is InChI=1S/C10H19NOS/c1-6-7-8(2)12-9(13)11-10(3,4)5/h6-8H,1-5H3,(H,11,13)/b7-6+. The summed E-state index contributed by atoms with van der Waals surface area (Å²) in [6.07, 6.45) is 3.94. The maximum Gasteiger partial charge on any atom is 0.257 e. The van der Waals surface area contributed by atoms with Crippen LogP contribution in [0.25, 0.3) is 0 Å². The van der Waals surface area contributed by atoms with Gasteiger partial charge in [0.15, 0.2) is 0 Å². The van der Waals surface area contributed by atoms with Gasteiger partial charge in [-0.15, -0.1) is 0 Å². The first-order chi connectivity index (χ1) is 5.85. The third kappa shape index (κ3) is 7.78. The molecular formula is C10H19NOS. The molecule has 0 aliphatic heterocycles. The SMILES string of the molecule is C/C=C/C(C)OC(=S)NC(C)(C)C. The highest BCUT2D eigenvalue weighted by atomic mass is 32.1. The second kappa shape index (κ2) is 5.22. The Hall–Kier alpha value is -0.570. The molecule has 0 bridgehead atoms. The molecule has 1 unspecified atom stereocenters. The molecule has 1 atom stereocenters. The smallest absolute Gasteiger partial charge is 0.257 e. The van der Waals surface area contributed by atoms with Gasteiger partial charge < -0.3 is 10.1 Å². The van der Waals surface area contributed by atoms with E-state index in [4.69, 9.17) is 17.0 Å². The van der Waals surface area contributed by atoms with Crippen LogP contribution in [0.2, 0.25) is 0 Å². The van der Waals surface area contributed by atoms with E-state index in [0.29, 0.717) is 5.17 Å². The minimum absolute atomic E-state index is 0.0346. The molecule has 1 N–H and O–H groups in total. The molecule has 0 saturated carbocycles. The van der Waals surface area contributed by atoms with Gasteiger partial charge in [0, 0.05) is 5.54 Å². The van der Waals surface area contributed by atoms with Crippen molar-refractivity contribution in [2.24, 2.45) is 0 Å². The number of ether oxygens (including phenoxy) is 1. The summed E-state index contributed by atoms with van der Waals surface area (Å²) in [6, 6.07) is 0. The second-order valence-electron chi connectivity index (χ2n) is 4.01. The lowest BCUT2D eigenvalue weighted by molar-refractivity contribution is 0.241. The van der Waals surface area contributed by atoms with E-state index in [1.54, 1.807) is 0 Å². The average molecular weight is 201 g/mol. The van der Waals surface area contributed by atoms with E-state index in [9.17, 15) is 0 Å². The van der Waals surface area contributed by atoms with Crippen LogP contribution in [-0.2, 0) is 4.74 Å². The van der Waals surface area contributed by atoms with Crippen LogP contribution >= 0.6 is 12.2 Å². The summed E-state index contributed by atoms with van der Waals surface area (Å²) in [7, 11) is 0. The van der Waals surface area contributed by atoms with Crippen molar-refractivity contribution >= 4 is 17.4 Å². The normalized spacial score (nSPS) is 14.2. The second-order valence-corrected chi connectivity index (χ2v) is 4.38. The fourth-order valence-electron chi connectivity index (χ4n) is 0.815. The number of nitrogens with one attached hydrogen (secondary N) is 1. The zero-order valence-corrected chi connectivity index (χ0v) is 9.87. The van der Waals surface area contributed by atoms with Crippen LogP contribution in [0.3, 0.4) is 0 Å². The third-order valence-electron chi connectivity index (χ3n) is 1.23. The van der Waals surface area contributed by atoms with Gasteiger partial charge in [-0.3, -0.25) is 0 Å². The zero-order chi connectivity index (χ0) is 10.5. The summed E-state index contributed by atoms with van der Waals surface area (Å²) in [5.41, 5.74) is -0.0350. The van der Waals surface area contributed by atoms with Crippen LogP contribution in [0, 0.1) is 0 Å². The Morgan fingerprint density at radius 1 is 1.46 bits per heavy atom. The van der Waals surface area contributed by atoms with Crippen molar-refractivity contribution < 1.29 is 4.74 Å². The minimum atomic E-state index is -0.0350. The Morgan fingerprint density at radius 3 is 2.38 bits per heavy atom. The highest BCUT2D eigenvalue weighted by molar-refractivity contribution is 7.80. The van der Waals surface area contributed by atoms with Gasteiger partial charge in [-0.05, 0) is 52.9 Å². The number of rotatable bonds is 2. The van der Waals surface area contributed by atoms with Crippen LogP contribution in [-0.4, -0.2) is 16.8 Å². The number of thiocarbonyl (C=S) groups is 1. The van der Waals surface area contributed by atoms with E-state index in [0.717, 1.165) is 0 Å². The average Bonchev–Trinajstić information content (AvgIpc) is 1.81. The highest BCUT2D eigenvalue weighted by Gasteiger charge is 2.12. The van der Waals surface area contributed by atoms with E-state index in [1.165, 1.54) is 0 Å². The van der Waals surface area contributed by atoms with Gasteiger partial charge >= 0.3 is 0 Å². The molecular weight excluding hydrogens is 182 g/mol. The maximum atomic E-state index is 5.40. The Labute approximate surface area is 86.4 Å².